The van der Waals surface area contributed by atoms with Crippen molar-refractivity contribution in [3.8, 4) is 0 Å². The summed E-state index contributed by atoms with van der Waals surface area (Å²) < 4.78 is 2.23. The third kappa shape index (κ3) is 4.44. The van der Waals surface area contributed by atoms with Gasteiger partial charge in [0.25, 0.3) is 0 Å². The van der Waals surface area contributed by atoms with Crippen LogP contribution in [0.15, 0.2) is 0 Å². The highest BCUT2D eigenvalue weighted by Crippen LogP contribution is 2.24. The largest absolute Gasteiger partial charge is 0.336 e. The summed E-state index contributed by atoms with van der Waals surface area (Å²) in [7, 11) is 2.10. The fourth-order valence-electron chi connectivity index (χ4n) is 3.72. The predicted octanol–water partition coefficient (Wildman–Crippen LogP) is 2.66. The zero-order chi connectivity index (χ0) is 15.7. The van der Waals surface area contributed by atoms with E-state index in [0.717, 1.165) is 44.0 Å². The van der Waals surface area contributed by atoms with Crippen molar-refractivity contribution in [3.05, 3.63) is 17.2 Å². The second-order valence-electron chi connectivity index (χ2n) is 7.04. The Bertz CT molecular complexity index is 553. The zero-order valence-electron chi connectivity index (χ0n) is 14.9. The smallest absolute Gasteiger partial charge is 0.222 e. The SMILES string of the molecule is CC(C)c1nc2c(n1C)CCN(C(=O)CCC1CCNC1)C2.Cl.Cl. The molecule has 1 atom stereocenters. The van der Waals surface area contributed by atoms with Crippen molar-refractivity contribution in [2.45, 2.75) is 52.0 Å². The maximum absolute atomic E-state index is 12.5. The third-order valence-corrected chi connectivity index (χ3v) is 5.09. The molecule has 0 radical (unpaired) electrons. The summed E-state index contributed by atoms with van der Waals surface area (Å²) in [6.45, 7) is 8.06. The second-order valence-corrected chi connectivity index (χ2v) is 7.04. The number of nitrogens with one attached hydrogen (secondary N) is 1. The lowest BCUT2D eigenvalue weighted by Crippen LogP contribution is -2.36. The Morgan fingerprint density at radius 3 is 2.75 bits per heavy atom. The minimum Gasteiger partial charge on any atom is -0.336 e. The number of hydrogen-bond acceptors (Lipinski definition) is 3. The van der Waals surface area contributed by atoms with Crippen LogP contribution in [-0.4, -0.2) is 40.0 Å². The van der Waals surface area contributed by atoms with Gasteiger partial charge in [-0.25, -0.2) is 4.98 Å². The molecule has 7 heteroatoms. The fourth-order valence-corrected chi connectivity index (χ4v) is 3.72. The average molecular weight is 377 g/mol. The summed E-state index contributed by atoms with van der Waals surface area (Å²) in [5.41, 5.74) is 2.42. The number of aromatic nitrogens is 2. The molecule has 1 saturated heterocycles. The molecule has 1 unspecified atom stereocenters. The Hall–Kier alpha value is -0.780. The summed E-state index contributed by atoms with van der Waals surface area (Å²) in [6, 6.07) is 0. The first-order valence-electron chi connectivity index (χ1n) is 8.59. The molecule has 1 aromatic rings. The Morgan fingerprint density at radius 1 is 1.38 bits per heavy atom. The van der Waals surface area contributed by atoms with Crippen LogP contribution >= 0.6 is 24.8 Å². The molecule has 0 aromatic carbocycles. The highest BCUT2D eigenvalue weighted by molar-refractivity contribution is 5.85. The first kappa shape index (κ1) is 21.3. The van der Waals surface area contributed by atoms with E-state index in [9.17, 15) is 4.79 Å². The van der Waals surface area contributed by atoms with E-state index in [2.05, 4.69) is 30.8 Å². The van der Waals surface area contributed by atoms with E-state index >= 15 is 0 Å². The van der Waals surface area contributed by atoms with Crippen LogP contribution < -0.4 is 5.32 Å². The van der Waals surface area contributed by atoms with Gasteiger partial charge in [0.2, 0.25) is 5.91 Å². The van der Waals surface area contributed by atoms with Gasteiger partial charge in [0.05, 0.1) is 12.2 Å². The van der Waals surface area contributed by atoms with Gasteiger partial charge in [0.1, 0.15) is 5.82 Å². The van der Waals surface area contributed by atoms with Crippen molar-refractivity contribution in [2.24, 2.45) is 13.0 Å². The summed E-state index contributed by atoms with van der Waals surface area (Å²) >= 11 is 0. The number of nitrogens with zero attached hydrogens (tertiary/aromatic N) is 3. The maximum atomic E-state index is 12.5. The number of halogens is 2. The molecular weight excluding hydrogens is 347 g/mol. The van der Waals surface area contributed by atoms with Crippen LogP contribution in [0.4, 0.5) is 0 Å². The van der Waals surface area contributed by atoms with E-state index in [1.165, 1.54) is 12.1 Å². The molecule has 0 bridgehead atoms. The lowest BCUT2D eigenvalue weighted by atomic mass is 10.0. The van der Waals surface area contributed by atoms with E-state index in [4.69, 9.17) is 4.98 Å². The molecule has 1 fully saturated rings. The molecule has 138 valence electrons. The highest BCUT2D eigenvalue weighted by Gasteiger charge is 2.26. The van der Waals surface area contributed by atoms with E-state index in [1.807, 2.05) is 4.90 Å². The molecule has 2 aliphatic rings. The van der Waals surface area contributed by atoms with Gasteiger partial charge in [-0.1, -0.05) is 13.8 Å². The summed E-state index contributed by atoms with van der Waals surface area (Å²) in [6.07, 6.45) is 3.86. The molecule has 1 amide bonds. The molecule has 0 saturated carbocycles. The van der Waals surface area contributed by atoms with Gasteiger partial charge in [-0.05, 0) is 31.8 Å². The van der Waals surface area contributed by atoms with Crippen LogP contribution in [0.3, 0.4) is 0 Å². The minimum atomic E-state index is 0. The molecule has 5 nitrogen and oxygen atoms in total. The molecule has 3 heterocycles. The molecule has 0 spiro atoms. The predicted molar refractivity (Wildman–Crippen MR) is 101 cm³/mol. The van der Waals surface area contributed by atoms with Gasteiger partial charge in [0, 0.05) is 38.0 Å². The Labute approximate surface area is 157 Å². The van der Waals surface area contributed by atoms with E-state index in [0.29, 0.717) is 30.7 Å². The van der Waals surface area contributed by atoms with Crippen LogP contribution in [0.1, 0.15) is 56.2 Å². The molecule has 0 aliphatic carbocycles. The number of carbonyl (C=O) groups is 1. The monoisotopic (exact) mass is 376 g/mol. The van der Waals surface area contributed by atoms with E-state index < -0.39 is 0 Å². The second kappa shape index (κ2) is 9.07. The van der Waals surface area contributed by atoms with Crippen molar-refractivity contribution in [2.75, 3.05) is 19.6 Å². The van der Waals surface area contributed by atoms with E-state index in [-0.39, 0.29) is 24.8 Å². The lowest BCUT2D eigenvalue weighted by Gasteiger charge is -2.27. The van der Waals surface area contributed by atoms with Gasteiger partial charge in [-0.15, -0.1) is 24.8 Å². The molecule has 1 aromatic heterocycles. The standard InChI is InChI=1S/C17H28N4O.2ClH/c1-12(2)17-19-14-11-21(9-7-15(14)20(17)3)16(22)5-4-13-6-8-18-10-13;;/h12-13,18H,4-11H2,1-3H3;2*1H. The zero-order valence-corrected chi connectivity index (χ0v) is 16.5. The number of carbonyl (C=O) groups excluding carboxylic acids is 1. The molecule has 24 heavy (non-hydrogen) atoms. The third-order valence-electron chi connectivity index (χ3n) is 5.09. The van der Waals surface area contributed by atoms with Crippen LogP contribution in [-0.2, 0) is 24.8 Å². The van der Waals surface area contributed by atoms with Crippen molar-refractivity contribution in [1.29, 1.82) is 0 Å². The average Bonchev–Trinajstić information content (AvgIpc) is 3.12. The van der Waals surface area contributed by atoms with Crippen molar-refractivity contribution in [3.63, 3.8) is 0 Å². The number of hydrogen-bond donors (Lipinski definition) is 1. The lowest BCUT2D eigenvalue weighted by molar-refractivity contribution is -0.132. The van der Waals surface area contributed by atoms with Crippen LogP contribution in [0, 0.1) is 5.92 Å². The topological polar surface area (TPSA) is 50.2 Å². The molecule has 3 rings (SSSR count). The number of fused-ring (bicyclic) bond motifs is 1. The number of amides is 1. The highest BCUT2D eigenvalue weighted by atomic mass is 35.5. The first-order chi connectivity index (χ1) is 10.6. The van der Waals surface area contributed by atoms with Crippen LogP contribution in [0.5, 0.6) is 0 Å². The summed E-state index contributed by atoms with van der Waals surface area (Å²) in [5.74, 6) is 2.55. The molecule has 2 aliphatic heterocycles. The minimum absolute atomic E-state index is 0. The fraction of sp³-hybridized carbons (Fsp3) is 0.765. The number of imidazole rings is 1. The number of rotatable bonds is 4. The summed E-state index contributed by atoms with van der Waals surface area (Å²) in [4.78, 5) is 19.2. The normalized spacial score (nSPS) is 19.7. The Morgan fingerprint density at radius 2 is 2.12 bits per heavy atom. The van der Waals surface area contributed by atoms with Crippen LogP contribution in [0.2, 0.25) is 0 Å². The first-order valence-corrected chi connectivity index (χ1v) is 8.59. The molecular formula is C17H30Cl2N4O. The van der Waals surface area contributed by atoms with Crippen molar-refractivity contribution < 1.29 is 4.79 Å². The van der Waals surface area contributed by atoms with Gasteiger partial charge in [0.15, 0.2) is 0 Å². The maximum Gasteiger partial charge on any atom is 0.222 e. The Balaban J connectivity index is 0.00000144. The van der Waals surface area contributed by atoms with Gasteiger partial charge in [-0.3, -0.25) is 4.79 Å². The summed E-state index contributed by atoms with van der Waals surface area (Å²) in [5, 5.41) is 3.37. The molecule has 1 N–H and O–H groups in total. The van der Waals surface area contributed by atoms with Gasteiger partial charge >= 0.3 is 0 Å². The van der Waals surface area contributed by atoms with Crippen LogP contribution in [0.25, 0.3) is 0 Å². The van der Waals surface area contributed by atoms with Crippen molar-refractivity contribution in [1.82, 2.24) is 19.8 Å². The van der Waals surface area contributed by atoms with E-state index in [1.54, 1.807) is 0 Å². The van der Waals surface area contributed by atoms with Gasteiger partial charge in [-0.2, -0.15) is 0 Å². The Kier molecular flexibility index (Phi) is 8.03. The van der Waals surface area contributed by atoms with Crippen molar-refractivity contribution >= 4 is 30.7 Å². The quantitative estimate of drug-likeness (QED) is 0.878. The van der Waals surface area contributed by atoms with Gasteiger partial charge < -0.3 is 14.8 Å².